The van der Waals surface area contributed by atoms with Crippen LogP contribution in [0.3, 0.4) is 0 Å². The molecule has 0 aliphatic heterocycles. The highest BCUT2D eigenvalue weighted by molar-refractivity contribution is 5.99. The Bertz CT molecular complexity index is 1320. The predicted molar refractivity (Wildman–Crippen MR) is 120 cm³/mol. The van der Waals surface area contributed by atoms with Gasteiger partial charge in [-0.25, -0.2) is 9.18 Å². The maximum Gasteiger partial charge on any atom is 0.426 e. The summed E-state index contributed by atoms with van der Waals surface area (Å²) in [5.41, 5.74) is -5.81. The van der Waals surface area contributed by atoms with Crippen LogP contribution in [0.5, 0.6) is 5.75 Å². The van der Waals surface area contributed by atoms with Crippen molar-refractivity contribution in [3.8, 4) is 5.75 Å². The molecule has 0 bridgehead atoms. The molecule has 35 heavy (non-hydrogen) atoms. The first-order valence-corrected chi connectivity index (χ1v) is 10.6. The van der Waals surface area contributed by atoms with Crippen LogP contribution in [0.2, 0.25) is 0 Å². The summed E-state index contributed by atoms with van der Waals surface area (Å²) in [6.45, 7) is 4.41. The van der Waals surface area contributed by atoms with Crippen molar-refractivity contribution in [2.45, 2.75) is 50.8 Å². The van der Waals surface area contributed by atoms with Gasteiger partial charge in [-0.05, 0) is 48.2 Å². The summed E-state index contributed by atoms with van der Waals surface area (Å²) in [5, 5.41) is 16.9. The Hall–Kier alpha value is -3.47. The number of alkyl halides is 3. The topological polar surface area (TPSA) is 102 Å². The van der Waals surface area contributed by atoms with Crippen LogP contribution in [-0.2, 0) is 16.6 Å². The maximum absolute atomic E-state index is 14.1. The first-order valence-electron chi connectivity index (χ1n) is 10.6. The second kappa shape index (κ2) is 9.29. The van der Waals surface area contributed by atoms with E-state index in [9.17, 15) is 32.3 Å². The lowest BCUT2D eigenvalue weighted by Crippen LogP contribution is -2.57. The van der Waals surface area contributed by atoms with E-state index in [2.05, 4.69) is 15.0 Å². The van der Waals surface area contributed by atoms with Crippen LogP contribution < -0.4 is 15.7 Å². The van der Waals surface area contributed by atoms with Gasteiger partial charge in [0, 0.05) is 23.1 Å². The average molecular weight is 496 g/mol. The largest absolute Gasteiger partial charge is 0.496 e. The lowest BCUT2D eigenvalue weighted by atomic mass is 9.74. The van der Waals surface area contributed by atoms with Gasteiger partial charge < -0.3 is 19.7 Å². The Morgan fingerprint density at radius 2 is 1.83 bits per heavy atom. The summed E-state index contributed by atoms with van der Waals surface area (Å²) < 4.78 is 66.1. The number of methoxy groups -OCH3 is 1. The summed E-state index contributed by atoms with van der Waals surface area (Å²) in [4.78, 5) is 24.8. The smallest absolute Gasteiger partial charge is 0.426 e. The number of amides is 1. The molecule has 0 spiro atoms. The Morgan fingerprint density at radius 3 is 2.43 bits per heavy atom. The summed E-state index contributed by atoms with van der Waals surface area (Å²) in [5.74, 6) is -2.34. The quantitative estimate of drug-likeness (QED) is 0.467. The number of nitrogens with zero attached hydrogens (tertiary/aromatic N) is 1. The van der Waals surface area contributed by atoms with Crippen LogP contribution >= 0.6 is 0 Å². The Labute approximate surface area is 197 Å². The van der Waals surface area contributed by atoms with Gasteiger partial charge in [0.25, 0.3) is 5.91 Å². The molecule has 7 nitrogen and oxygen atoms in total. The third kappa shape index (κ3) is 5.00. The highest BCUT2D eigenvalue weighted by Gasteiger charge is 2.61. The van der Waals surface area contributed by atoms with E-state index < -0.39 is 41.0 Å². The normalized spacial score (nSPS) is 14.0. The van der Waals surface area contributed by atoms with Gasteiger partial charge in [-0.15, -0.1) is 0 Å². The van der Waals surface area contributed by atoms with E-state index in [1.165, 1.54) is 45.2 Å². The molecule has 2 aromatic carbocycles. The zero-order valence-electron chi connectivity index (χ0n) is 19.4. The van der Waals surface area contributed by atoms with Crippen molar-refractivity contribution < 1.29 is 36.7 Å². The van der Waals surface area contributed by atoms with Gasteiger partial charge in [0.15, 0.2) is 0 Å². The zero-order chi connectivity index (χ0) is 26.2. The lowest BCUT2D eigenvalue weighted by Gasteiger charge is -2.37. The van der Waals surface area contributed by atoms with Crippen LogP contribution in [0.15, 0.2) is 45.7 Å². The number of ether oxygens (including phenoxy) is 1. The van der Waals surface area contributed by atoms with Crippen molar-refractivity contribution in [1.82, 2.24) is 5.16 Å². The molecule has 1 atom stereocenters. The number of benzene rings is 2. The molecule has 0 radical (unpaired) electrons. The van der Waals surface area contributed by atoms with Crippen LogP contribution in [0.1, 0.15) is 38.4 Å². The molecule has 11 heteroatoms. The van der Waals surface area contributed by atoms with Gasteiger partial charge in [-0.3, -0.25) is 4.79 Å². The van der Waals surface area contributed by atoms with Gasteiger partial charge >= 0.3 is 11.8 Å². The third-order valence-corrected chi connectivity index (χ3v) is 5.81. The Balaban J connectivity index is 2.01. The Kier molecular flexibility index (Phi) is 6.94. The maximum atomic E-state index is 14.1. The third-order valence-electron chi connectivity index (χ3n) is 5.81. The Morgan fingerprint density at radius 1 is 1.14 bits per heavy atom. The molecule has 0 saturated heterocycles. The van der Waals surface area contributed by atoms with Crippen molar-refractivity contribution in [3.63, 3.8) is 0 Å². The van der Waals surface area contributed by atoms with Crippen LogP contribution in [0.25, 0.3) is 10.8 Å². The molecule has 188 valence electrons. The van der Waals surface area contributed by atoms with E-state index in [1.54, 1.807) is 6.92 Å². The van der Waals surface area contributed by atoms with Crippen molar-refractivity contribution >= 4 is 22.4 Å². The molecule has 0 aliphatic rings. The SMILES string of the molecule is CCc1noc(=O)c2ccc(NC(=O)C(O)(CC(C)(C)c3cc(F)ccc3OC)C(F)(F)F)cc12. The minimum atomic E-state index is -5.37. The lowest BCUT2D eigenvalue weighted by molar-refractivity contribution is -0.254. The van der Waals surface area contributed by atoms with Crippen molar-refractivity contribution in [3.05, 3.63) is 63.9 Å². The first kappa shape index (κ1) is 26.1. The van der Waals surface area contributed by atoms with Gasteiger partial charge in [0.1, 0.15) is 11.6 Å². The molecular weight excluding hydrogens is 472 g/mol. The first-order chi connectivity index (χ1) is 16.2. The molecule has 3 aromatic rings. The van der Waals surface area contributed by atoms with E-state index in [-0.39, 0.29) is 22.4 Å². The fourth-order valence-electron chi connectivity index (χ4n) is 3.98. The molecule has 3 rings (SSSR count). The average Bonchev–Trinajstić information content (AvgIpc) is 2.78. The summed E-state index contributed by atoms with van der Waals surface area (Å²) in [6, 6.07) is 7.13. The standard InChI is InChI=1S/C24H24F4N2O5/c1-5-18-16-11-14(7-8-15(16)20(31)35-30-18)29-21(32)23(33,24(26,27)28)12-22(2,3)17-10-13(25)6-9-19(17)34-4/h6-11,33H,5,12H2,1-4H3,(H,29,32). The van der Waals surface area contributed by atoms with Gasteiger partial charge in [-0.1, -0.05) is 25.9 Å². The highest BCUT2D eigenvalue weighted by Crippen LogP contribution is 2.44. The van der Waals surface area contributed by atoms with Gasteiger partial charge in [0.2, 0.25) is 5.60 Å². The molecule has 1 aromatic heterocycles. The monoisotopic (exact) mass is 496 g/mol. The molecule has 1 amide bonds. The van der Waals surface area contributed by atoms with E-state index >= 15 is 0 Å². The number of fused-ring (bicyclic) bond motifs is 1. The number of nitrogens with one attached hydrogen (secondary N) is 1. The van der Waals surface area contributed by atoms with Crippen molar-refractivity contribution in [2.75, 3.05) is 12.4 Å². The van der Waals surface area contributed by atoms with E-state index in [0.717, 1.165) is 12.1 Å². The van der Waals surface area contributed by atoms with E-state index in [0.29, 0.717) is 17.5 Å². The molecular formula is C24H24F4N2O5. The molecule has 1 heterocycles. The fraction of sp³-hybridized carbons (Fsp3) is 0.375. The molecule has 2 N–H and O–H groups in total. The summed E-state index contributed by atoms with van der Waals surface area (Å²) >= 11 is 0. The van der Waals surface area contributed by atoms with E-state index in [4.69, 9.17) is 4.74 Å². The summed E-state index contributed by atoms with van der Waals surface area (Å²) in [6.07, 6.45) is -6.15. The van der Waals surface area contributed by atoms with Gasteiger partial charge in [-0.2, -0.15) is 13.2 Å². The minimum absolute atomic E-state index is 0.0477. The molecule has 1 unspecified atom stereocenters. The minimum Gasteiger partial charge on any atom is -0.496 e. The number of aliphatic hydroxyl groups is 1. The number of aryl methyl sites for hydroxylation is 1. The number of carbonyl (C=O) groups is 1. The zero-order valence-corrected chi connectivity index (χ0v) is 19.4. The number of anilines is 1. The van der Waals surface area contributed by atoms with Crippen LogP contribution in [-0.4, -0.2) is 35.1 Å². The number of rotatable bonds is 7. The molecule has 0 aliphatic carbocycles. The molecule has 0 saturated carbocycles. The van der Waals surface area contributed by atoms with Crippen molar-refractivity contribution in [1.29, 1.82) is 0 Å². The highest BCUT2D eigenvalue weighted by atomic mass is 19.4. The second-order valence-corrected chi connectivity index (χ2v) is 8.75. The second-order valence-electron chi connectivity index (χ2n) is 8.75. The van der Waals surface area contributed by atoms with Crippen LogP contribution in [0.4, 0.5) is 23.2 Å². The van der Waals surface area contributed by atoms with Gasteiger partial charge in [0.05, 0.1) is 18.2 Å². The number of aromatic nitrogens is 1. The molecule has 0 fully saturated rings. The van der Waals surface area contributed by atoms with Crippen molar-refractivity contribution in [2.24, 2.45) is 0 Å². The summed E-state index contributed by atoms with van der Waals surface area (Å²) in [7, 11) is 1.27. The fourth-order valence-corrected chi connectivity index (χ4v) is 3.98. The number of hydrogen-bond acceptors (Lipinski definition) is 6. The van der Waals surface area contributed by atoms with E-state index in [1.807, 2.05) is 0 Å². The number of halogens is 4. The van der Waals surface area contributed by atoms with Crippen LogP contribution in [0, 0.1) is 5.82 Å². The predicted octanol–water partition coefficient (Wildman–Crippen LogP) is 4.50. The number of hydrogen-bond donors (Lipinski definition) is 2. The number of carbonyl (C=O) groups excluding carboxylic acids is 1.